The van der Waals surface area contributed by atoms with Gasteiger partial charge in [0.25, 0.3) is 0 Å². The molecule has 0 aromatic heterocycles. The summed E-state index contributed by atoms with van der Waals surface area (Å²) in [5.41, 5.74) is 1.37. The Labute approximate surface area is 128 Å². The largest absolute Gasteiger partial charge is 0.310 e. The first-order valence-electron chi connectivity index (χ1n) is 6.76. The lowest BCUT2D eigenvalue weighted by Crippen LogP contribution is -2.24. The minimum absolute atomic E-state index is 0.452. The first kappa shape index (κ1) is 16.2. The van der Waals surface area contributed by atoms with Crippen LogP contribution in [0.1, 0.15) is 51.6 Å². The summed E-state index contributed by atoms with van der Waals surface area (Å²) >= 11 is 7.15. The van der Waals surface area contributed by atoms with E-state index in [-0.39, 0.29) is 0 Å². The van der Waals surface area contributed by atoms with Gasteiger partial charge >= 0.3 is 0 Å². The Kier molecular flexibility index (Phi) is 7.50. The molecule has 0 saturated heterocycles. The van der Waals surface area contributed by atoms with Gasteiger partial charge in [0.1, 0.15) is 0 Å². The van der Waals surface area contributed by atoms with Gasteiger partial charge in [-0.2, -0.15) is 0 Å². The molecule has 3 heteroatoms. The van der Waals surface area contributed by atoms with E-state index in [0.717, 1.165) is 21.4 Å². The van der Waals surface area contributed by atoms with Crippen molar-refractivity contribution < 1.29 is 0 Å². The second-order valence-corrected chi connectivity index (χ2v) is 6.79. The first-order valence-corrected chi connectivity index (χ1v) is 8.34. The normalized spacial score (nSPS) is 14.5. The molecule has 0 aliphatic rings. The van der Waals surface area contributed by atoms with Crippen LogP contribution in [0.25, 0.3) is 0 Å². The SMILES string of the molecule is CCCNC(CC(C)CC)c1cc(Br)cc(Br)c1. The summed E-state index contributed by atoms with van der Waals surface area (Å²) in [5.74, 6) is 0.747. The average Bonchev–Trinajstić information content (AvgIpc) is 2.32. The van der Waals surface area contributed by atoms with E-state index in [2.05, 4.69) is 76.1 Å². The molecular weight excluding hydrogens is 354 g/mol. The van der Waals surface area contributed by atoms with Crippen molar-refractivity contribution in [3.63, 3.8) is 0 Å². The third-order valence-corrected chi connectivity index (χ3v) is 4.18. The number of rotatable bonds is 7. The minimum Gasteiger partial charge on any atom is -0.310 e. The fourth-order valence-electron chi connectivity index (χ4n) is 2.00. The highest BCUT2D eigenvalue weighted by molar-refractivity contribution is 9.11. The zero-order valence-electron chi connectivity index (χ0n) is 11.5. The van der Waals surface area contributed by atoms with E-state index in [4.69, 9.17) is 0 Å². The maximum absolute atomic E-state index is 3.66. The molecule has 18 heavy (non-hydrogen) atoms. The van der Waals surface area contributed by atoms with Gasteiger partial charge < -0.3 is 5.32 Å². The van der Waals surface area contributed by atoms with E-state index in [1.807, 2.05) is 0 Å². The highest BCUT2D eigenvalue weighted by Crippen LogP contribution is 2.28. The van der Waals surface area contributed by atoms with Gasteiger partial charge in [-0.1, -0.05) is 59.1 Å². The molecule has 0 radical (unpaired) electrons. The average molecular weight is 377 g/mol. The Balaban J connectivity index is 2.85. The van der Waals surface area contributed by atoms with Crippen molar-refractivity contribution >= 4 is 31.9 Å². The van der Waals surface area contributed by atoms with Crippen LogP contribution >= 0.6 is 31.9 Å². The third-order valence-electron chi connectivity index (χ3n) is 3.26. The van der Waals surface area contributed by atoms with Crippen molar-refractivity contribution in [2.24, 2.45) is 5.92 Å². The number of halogens is 2. The van der Waals surface area contributed by atoms with Crippen molar-refractivity contribution in [2.45, 2.75) is 46.1 Å². The molecule has 1 aromatic carbocycles. The molecule has 0 heterocycles. The number of benzene rings is 1. The lowest BCUT2D eigenvalue weighted by Gasteiger charge is -2.22. The molecule has 0 amide bonds. The number of hydrogen-bond acceptors (Lipinski definition) is 1. The van der Waals surface area contributed by atoms with Crippen molar-refractivity contribution in [2.75, 3.05) is 6.54 Å². The number of hydrogen-bond donors (Lipinski definition) is 1. The first-order chi connectivity index (χ1) is 8.56. The Morgan fingerprint density at radius 1 is 1.11 bits per heavy atom. The fourth-order valence-corrected chi connectivity index (χ4v) is 3.33. The molecule has 2 atom stereocenters. The van der Waals surface area contributed by atoms with E-state index >= 15 is 0 Å². The Morgan fingerprint density at radius 2 is 1.72 bits per heavy atom. The standard InChI is InChI=1S/C15H23Br2N/c1-4-6-18-15(7-11(3)5-2)12-8-13(16)10-14(17)9-12/h8-11,15,18H,4-7H2,1-3H3. The van der Waals surface area contributed by atoms with Gasteiger partial charge in [0.2, 0.25) is 0 Å². The molecular formula is C15H23Br2N. The smallest absolute Gasteiger partial charge is 0.0323 e. The predicted molar refractivity (Wildman–Crippen MR) is 86.9 cm³/mol. The number of nitrogens with one attached hydrogen (secondary N) is 1. The topological polar surface area (TPSA) is 12.0 Å². The lowest BCUT2D eigenvalue weighted by atomic mass is 9.94. The predicted octanol–water partition coefficient (Wildman–Crippen LogP) is 5.69. The molecule has 2 unspecified atom stereocenters. The van der Waals surface area contributed by atoms with Crippen LogP contribution in [0.3, 0.4) is 0 Å². The third kappa shape index (κ3) is 5.41. The van der Waals surface area contributed by atoms with E-state index in [1.165, 1.54) is 24.8 Å². The molecule has 1 aromatic rings. The van der Waals surface area contributed by atoms with Crippen LogP contribution in [0.4, 0.5) is 0 Å². The summed E-state index contributed by atoms with van der Waals surface area (Å²) in [4.78, 5) is 0. The van der Waals surface area contributed by atoms with Crippen LogP contribution in [-0.2, 0) is 0 Å². The molecule has 0 saturated carbocycles. The summed E-state index contributed by atoms with van der Waals surface area (Å²) in [5, 5.41) is 3.66. The molecule has 1 nitrogen and oxygen atoms in total. The fraction of sp³-hybridized carbons (Fsp3) is 0.600. The zero-order valence-corrected chi connectivity index (χ0v) is 14.6. The molecule has 0 aliphatic heterocycles. The van der Waals surface area contributed by atoms with Crippen LogP contribution in [0.5, 0.6) is 0 Å². The van der Waals surface area contributed by atoms with Crippen molar-refractivity contribution in [3.8, 4) is 0 Å². The monoisotopic (exact) mass is 375 g/mol. The van der Waals surface area contributed by atoms with Gasteiger partial charge in [0.05, 0.1) is 0 Å². The summed E-state index contributed by atoms with van der Waals surface area (Å²) in [6.45, 7) is 7.88. The maximum atomic E-state index is 3.66. The highest BCUT2D eigenvalue weighted by atomic mass is 79.9. The van der Waals surface area contributed by atoms with E-state index in [0.29, 0.717) is 6.04 Å². The zero-order chi connectivity index (χ0) is 13.5. The van der Waals surface area contributed by atoms with Gasteiger partial charge in [-0.25, -0.2) is 0 Å². The summed E-state index contributed by atoms with van der Waals surface area (Å²) in [6.07, 6.45) is 3.60. The van der Waals surface area contributed by atoms with Crippen LogP contribution < -0.4 is 5.32 Å². The second kappa shape index (κ2) is 8.34. The minimum atomic E-state index is 0.452. The van der Waals surface area contributed by atoms with Gasteiger partial charge in [0, 0.05) is 15.0 Å². The van der Waals surface area contributed by atoms with Crippen LogP contribution in [-0.4, -0.2) is 6.54 Å². The molecule has 102 valence electrons. The molecule has 0 bridgehead atoms. The Hall–Kier alpha value is 0.140. The summed E-state index contributed by atoms with van der Waals surface area (Å²) < 4.78 is 2.28. The maximum Gasteiger partial charge on any atom is 0.0323 e. The molecule has 0 aliphatic carbocycles. The highest BCUT2D eigenvalue weighted by Gasteiger charge is 2.14. The summed E-state index contributed by atoms with van der Waals surface area (Å²) in [6, 6.07) is 6.98. The quantitative estimate of drug-likeness (QED) is 0.644. The van der Waals surface area contributed by atoms with Gasteiger partial charge in [-0.15, -0.1) is 0 Å². The van der Waals surface area contributed by atoms with Crippen LogP contribution in [0.2, 0.25) is 0 Å². The lowest BCUT2D eigenvalue weighted by molar-refractivity contribution is 0.402. The van der Waals surface area contributed by atoms with Crippen molar-refractivity contribution in [1.29, 1.82) is 0 Å². The Morgan fingerprint density at radius 3 is 2.22 bits per heavy atom. The summed E-state index contributed by atoms with van der Waals surface area (Å²) in [7, 11) is 0. The van der Waals surface area contributed by atoms with E-state index in [1.54, 1.807) is 0 Å². The van der Waals surface area contributed by atoms with Gasteiger partial charge in [-0.3, -0.25) is 0 Å². The Bertz CT molecular complexity index is 345. The second-order valence-electron chi connectivity index (χ2n) is 4.96. The van der Waals surface area contributed by atoms with E-state index in [9.17, 15) is 0 Å². The van der Waals surface area contributed by atoms with Crippen LogP contribution in [0.15, 0.2) is 27.1 Å². The molecule has 0 fully saturated rings. The molecule has 0 spiro atoms. The van der Waals surface area contributed by atoms with Gasteiger partial charge in [0.15, 0.2) is 0 Å². The molecule has 1 N–H and O–H groups in total. The van der Waals surface area contributed by atoms with Crippen LogP contribution in [0, 0.1) is 5.92 Å². The van der Waals surface area contributed by atoms with Gasteiger partial charge in [-0.05, 0) is 49.1 Å². The van der Waals surface area contributed by atoms with Crippen molar-refractivity contribution in [3.05, 3.63) is 32.7 Å². The molecule has 1 rings (SSSR count). The van der Waals surface area contributed by atoms with E-state index < -0.39 is 0 Å². The van der Waals surface area contributed by atoms with Crippen molar-refractivity contribution in [1.82, 2.24) is 5.32 Å².